The third kappa shape index (κ3) is 3.94. The third-order valence-corrected chi connectivity index (χ3v) is 5.12. The van der Waals surface area contributed by atoms with E-state index < -0.39 is 0 Å². The van der Waals surface area contributed by atoms with Crippen LogP contribution in [0.15, 0.2) is 42.7 Å². The van der Waals surface area contributed by atoms with Gasteiger partial charge in [0.2, 0.25) is 0 Å². The first-order valence-corrected chi connectivity index (χ1v) is 9.89. The Morgan fingerprint density at radius 3 is 2.12 bits per heavy atom. The van der Waals surface area contributed by atoms with Gasteiger partial charge in [-0.05, 0) is 36.4 Å². The summed E-state index contributed by atoms with van der Waals surface area (Å²) in [6, 6.07) is 9.41. The van der Waals surface area contributed by atoms with Gasteiger partial charge in [-0.25, -0.2) is 15.0 Å². The second-order valence-corrected chi connectivity index (χ2v) is 6.95. The molecule has 4 aromatic rings. The first-order valence-electron chi connectivity index (χ1n) is 9.89. The van der Waals surface area contributed by atoms with Crippen LogP contribution in [-0.2, 0) is 7.05 Å². The zero-order valence-electron chi connectivity index (χ0n) is 18.6. The van der Waals surface area contributed by atoms with Crippen molar-refractivity contribution in [3.8, 4) is 34.3 Å². The molecule has 32 heavy (non-hydrogen) atoms. The van der Waals surface area contributed by atoms with E-state index in [1.807, 2.05) is 60.3 Å². The Labute approximate surface area is 186 Å². The summed E-state index contributed by atoms with van der Waals surface area (Å²) in [5.74, 6) is 3.79. The molecule has 2 aromatic heterocycles. The summed E-state index contributed by atoms with van der Waals surface area (Å²) in [6.07, 6.45) is 7.34. The lowest BCUT2D eigenvalue weighted by molar-refractivity contribution is 0.355. The average molecular weight is 432 g/mol. The van der Waals surface area contributed by atoms with Gasteiger partial charge in [-0.2, -0.15) is 0 Å². The fourth-order valence-corrected chi connectivity index (χ4v) is 3.44. The van der Waals surface area contributed by atoms with Gasteiger partial charge in [0.05, 0.1) is 39.6 Å². The highest BCUT2D eigenvalue weighted by molar-refractivity contribution is 5.95. The van der Waals surface area contributed by atoms with Gasteiger partial charge in [-0.1, -0.05) is 0 Å². The number of aromatic nitrogens is 4. The molecule has 2 aromatic carbocycles. The monoisotopic (exact) mass is 432 g/mol. The van der Waals surface area contributed by atoms with Crippen LogP contribution in [0.5, 0.6) is 23.0 Å². The SMILES string of the molecule is COc1ccc(-c2nc(C=Cc3nccn3C)nc3cc(OC)c(OC)cc23)cc1OC. The molecule has 0 unspecified atom stereocenters. The Bertz CT molecular complexity index is 1300. The Morgan fingerprint density at radius 1 is 0.781 bits per heavy atom. The fraction of sp³-hybridized carbons (Fsp3) is 0.208. The molecule has 0 fully saturated rings. The van der Waals surface area contributed by atoms with Crippen LogP contribution in [0.3, 0.4) is 0 Å². The lowest BCUT2D eigenvalue weighted by Gasteiger charge is -2.14. The summed E-state index contributed by atoms with van der Waals surface area (Å²) in [5, 5.41) is 0.823. The number of nitrogens with zero attached hydrogens (tertiary/aromatic N) is 4. The molecule has 4 rings (SSSR count). The first kappa shape index (κ1) is 21.2. The molecule has 0 N–H and O–H groups in total. The number of hydrogen-bond acceptors (Lipinski definition) is 7. The number of fused-ring (bicyclic) bond motifs is 1. The summed E-state index contributed by atoms with van der Waals surface area (Å²) >= 11 is 0. The molecule has 0 atom stereocenters. The summed E-state index contributed by atoms with van der Waals surface area (Å²) in [6.45, 7) is 0. The number of aryl methyl sites for hydroxylation is 1. The maximum atomic E-state index is 5.51. The minimum absolute atomic E-state index is 0.539. The molecular weight excluding hydrogens is 408 g/mol. The minimum Gasteiger partial charge on any atom is -0.493 e. The Hall–Kier alpha value is -4.07. The molecule has 8 heteroatoms. The molecule has 0 saturated carbocycles. The molecule has 0 aliphatic rings. The normalized spacial score (nSPS) is 11.2. The molecule has 0 spiro atoms. The topological polar surface area (TPSA) is 80.5 Å². The minimum atomic E-state index is 0.539. The Kier molecular flexibility index (Phi) is 5.93. The van der Waals surface area contributed by atoms with Crippen LogP contribution >= 0.6 is 0 Å². The van der Waals surface area contributed by atoms with E-state index in [-0.39, 0.29) is 0 Å². The second-order valence-electron chi connectivity index (χ2n) is 6.95. The summed E-state index contributed by atoms with van der Waals surface area (Å²) in [5.41, 5.74) is 2.31. The average Bonchev–Trinajstić information content (AvgIpc) is 3.25. The van der Waals surface area contributed by atoms with Crippen molar-refractivity contribution < 1.29 is 18.9 Å². The highest BCUT2D eigenvalue weighted by Crippen LogP contribution is 2.38. The number of imidazole rings is 1. The number of methoxy groups -OCH3 is 4. The molecule has 164 valence electrons. The van der Waals surface area contributed by atoms with Crippen molar-refractivity contribution in [2.24, 2.45) is 7.05 Å². The van der Waals surface area contributed by atoms with Crippen molar-refractivity contribution in [3.05, 3.63) is 54.4 Å². The van der Waals surface area contributed by atoms with Crippen molar-refractivity contribution in [3.63, 3.8) is 0 Å². The van der Waals surface area contributed by atoms with E-state index in [0.717, 1.165) is 28.0 Å². The summed E-state index contributed by atoms with van der Waals surface area (Å²) in [4.78, 5) is 13.9. The third-order valence-electron chi connectivity index (χ3n) is 5.12. The second kappa shape index (κ2) is 8.97. The highest BCUT2D eigenvalue weighted by Gasteiger charge is 2.16. The van der Waals surface area contributed by atoms with E-state index in [0.29, 0.717) is 28.8 Å². The standard InChI is InChI=1S/C24H24N4O4/c1-28-11-10-25-23(28)9-8-22-26-17-14-21(32-5)20(31-4)13-16(17)24(27-22)15-6-7-18(29-2)19(12-15)30-3/h6-14H,1-5H3. The molecule has 0 amide bonds. The van der Waals surface area contributed by atoms with Crippen molar-refractivity contribution >= 4 is 23.1 Å². The maximum Gasteiger partial charge on any atom is 0.162 e. The summed E-state index contributed by atoms with van der Waals surface area (Å²) < 4.78 is 23.8. The van der Waals surface area contributed by atoms with E-state index in [1.54, 1.807) is 34.6 Å². The molecule has 0 aliphatic carbocycles. The van der Waals surface area contributed by atoms with Gasteiger partial charge in [0.15, 0.2) is 28.8 Å². The smallest absolute Gasteiger partial charge is 0.162 e. The van der Waals surface area contributed by atoms with E-state index >= 15 is 0 Å². The van der Waals surface area contributed by atoms with E-state index in [2.05, 4.69) is 4.98 Å². The van der Waals surface area contributed by atoms with Gasteiger partial charge in [-0.3, -0.25) is 0 Å². The van der Waals surface area contributed by atoms with Crippen LogP contribution in [0, 0.1) is 0 Å². The van der Waals surface area contributed by atoms with Crippen LogP contribution in [0.2, 0.25) is 0 Å². The molecule has 0 bridgehead atoms. The van der Waals surface area contributed by atoms with Gasteiger partial charge < -0.3 is 23.5 Å². The lowest BCUT2D eigenvalue weighted by atomic mass is 10.0. The summed E-state index contributed by atoms with van der Waals surface area (Å²) in [7, 11) is 8.34. The molecule has 0 radical (unpaired) electrons. The number of benzene rings is 2. The predicted octanol–water partition coefficient (Wildman–Crippen LogP) is 4.24. The molecule has 0 aliphatic heterocycles. The zero-order chi connectivity index (χ0) is 22.7. The van der Waals surface area contributed by atoms with Gasteiger partial charge in [0.1, 0.15) is 5.82 Å². The van der Waals surface area contributed by atoms with E-state index in [1.165, 1.54) is 0 Å². The Balaban J connectivity index is 1.94. The van der Waals surface area contributed by atoms with Crippen molar-refractivity contribution in [2.45, 2.75) is 0 Å². The van der Waals surface area contributed by atoms with Crippen LogP contribution in [0.4, 0.5) is 0 Å². The number of hydrogen-bond donors (Lipinski definition) is 0. The quantitative estimate of drug-likeness (QED) is 0.432. The number of ether oxygens (including phenoxy) is 4. The molecule has 8 nitrogen and oxygen atoms in total. The molecule has 2 heterocycles. The predicted molar refractivity (Wildman–Crippen MR) is 123 cm³/mol. The van der Waals surface area contributed by atoms with Crippen LogP contribution in [0.25, 0.3) is 34.3 Å². The molecule has 0 saturated heterocycles. The maximum absolute atomic E-state index is 5.51. The van der Waals surface area contributed by atoms with Crippen molar-refractivity contribution in [1.29, 1.82) is 0 Å². The highest BCUT2D eigenvalue weighted by atomic mass is 16.5. The zero-order valence-corrected chi connectivity index (χ0v) is 18.6. The largest absolute Gasteiger partial charge is 0.493 e. The molecular formula is C24H24N4O4. The van der Waals surface area contributed by atoms with Gasteiger partial charge in [-0.15, -0.1) is 0 Å². The lowest BCUT2D eigenvalue weighted by Crippen LogP contribution is -1.98. The van der Waals surface area contributed by atoms with Gasteiger partial charge in [0.25, 0.3) is 0 Å². The van der Waals surface area contributed by atoms with Crippen LogP contribution in [-0.4, -0.2) is 48.0 Å². The van der Waals surface area contributed by atoms with Crippen LogP contribution < -0.4 is 18.9 Å². The first-order chi connectivity index (χ1) is 15.6. The fourth-order valence-electron chi connectivity index (χ4n) is 3.44. The number of rotatable bonds is 7. The van der Waals surface area contributed by atoms with Crippen LogP contribution in [0.1, 0.15) is 11.6 Å². The van der Waals surface area contributed by atoms with Gasteiger partial charge in [0, 0.05) is 36.5 Å². The van der Waals surface area contributed by atoms with E-state index in [4.69, 9.17) is 28.9 Å². The van der Waals surface area contributed by atoms with Crippen molar-refractivity contribution in [2.75, 3.05) is 28.4 Å². The Morgan fingerprint density at radius 2 is 1.47 bits per heavy atom. The van der Waals surface area contributed by atoms with Crippen molar-refractivity contribution in [1.82, 2.24) is 19.5 Å². The van der Waals surface area contributed by atoms with Gasteiger partial charge >= 0.3 is 0 Å². The van der Waals surface area contributed by atoms with E-state index in [9.17, 15) is 0 Å².